The van der Waals surface area contributed by atoms with Crippen molar-refractivity contribution in [3.8, 4) is 0 Å². The number of hydrogen-bond acceptors (Lipinski definition) is 5. The molecular formula is C15H23ClFN3O3. The van der Waals surface area contributed by atoms with E-state index in [1.54, 1.807) is 0 Å². The number of nitrogens with one attached hydrogen (secondary N) is 1. The molecular weight excluding hydrogens is 325 g/mol. The molecule has 0 aliphatic carbocycles. The molecule has 6 nitrogen and oxygen atoms in total. The van der Waals surface area contributed by atoms with E-state index in [9.17, 15) is 19.6 Å². The van der Waals surface area contributed by atoms with E-state index in [2.05, 4.69) is 10.2 Å². The van der Waals surface area contributed by atoms with E-state index in [0.717, 1.165) is 19.2 Å². The predicted octanol–water partition coefficient (Wildman–Crippen LogP) is 2.12. The number of nitro benzene ring substituents is 1. The number of nitrogens with zero attached hydrogens (tertiary/aromatic N) is 2. The molecule has 130 valence electrons. The highest BCUT2D eigenvalue weighted by molar-refractivity contribution is 5.85. The summed E-state index contributed by atoms with van der Waals surface area (Å²) in [6.07, 6.45) is 0. The van der Waals surface area contributed by atoms with Crippen LogP contribution in [0.2, 0.25) is 0 Å². The topological polar surface area (TPSA) is 78.6 Å². The standard InChI is InChI=1S/C15H22FN3O3.ClH/c1-15(2,10-20)14(18-7-5-17-6-8-18)12-9-11(19(21)22)3-4-13(12)16;/h3-4,9,14,17,20H,5-8,10H2,1-2H3;1H/t14-;/m1./s1. The van der Waals surface area contributed by atoms with Gasteiger partial charge in [-0.25, -0.2) is 4.39 Å². The van der Waals surface area contributed by atoms with E-state index in [0.29, 0.717) is 13.1 Å². The molecule has 0 bridgehead atoms. The zero-order valence-corrected chi connectivity index (χ0v) is 14.1. The predicted molar refractivity (Wildman–Crippen MR) is 88.4 cm³/mol. The van der Waals surface area contributed by atoms with Crippen LogP contribution in [-0.2, 0) is 0 Å². The van der Waals surface area contributed by atoms with Gasteiger partial charge in [-0.1, -0.05) is 13.8 Å². The van der Waals surface area contributed by atoms with Crippen LogP contribution in [0.25, 0.3) is 0 Å². The largest absolute Gasteiger partial charge is 0.396 e. The maximum Gasteiger partial charge on any atom is 0.269 e. The lowest BCUT2D eigenvalue weighted by Gasteiger charge is -2.43. The highest BCUT2D eigenvalue weighted by atomic mass is 35.5. The third-order valence-corrected chi connectivity index (χ3v) is 4.15. The van der Waals surface area contributed by atoms with Gasteiger partial charge in [-0.2, -0.15) is 0 Å². The summed E-state index contributed by atoms with van der Waals surface area (Å²) >= 11 is 0. The van der Waals surface area contributed by atoms with Crippen molar-refractivity contribution in [1.82, 2.24) is 10.2 Å². The van der Waals surface area contributed by atoms with Gasteiger partial charge in [-0.15, -0.1) is 12.4 Å². The van der Waals surface area contributed by atoms with Crippen LogP contribution in [0.1, 0.15) is 25.5 Å². The molecule has 1 heterocycles. The number of nitro groups is 1. The van der Waals surface area contributed by atoms with Crippen LogP contribution in [0.15, 0.2) is 18.2 Å². The van der Waals surface area contributed by atoms with E-state index >= 15 is 0 Å². The van der Waals surface area contributed by atoms with Crippen molar-refractivity contribution in [3.63, 3.8) is 0 Å². The molecule has 1 atom stereocenters. The molecule has 1 saturated heterocycles. The Kier molecular flexibility index (Phi) is 6.88. The van der Waals surface area contributed by atoms with Crippen molar-refractivity contribution in [2.45, 2.75) is 19.9 Å². The smallest absolute Gasteiger partial charge is 0.269 e. The second-order valence-electron chi connectivity index (χ2n) is 6.30. The average Bonchev–Trinajstić information content (AvgIpc) is 2.50. The van der Waals surface area contributed by atoms with Gasteiger partial charge in [0.25, 0.3) is 5.69 Å². The fourth-order valence-corrected chi connectivity index (χ4v) is 2.99. The molecule has 1 aromatic carbocycles. The summed E-state index contributed by atoms with van der Waals surface area (Å²) in [4.78, 5) is 12.5. The summed E-state index contributed by atoms with van der Waals surface area (Å²) in [5.41, 5.74) is -0.478. The monoisotopic (exact) mass is 347 g/mol. The Morgan fingerprint density at radius 2 is 2.04 bits per heavy atom. The van der Waals surface area contributed by atoms with Gasteiger partial charge in [0.1, 0.15) is 5.82 Å². The third-order valence-electron chi connectivity index (χ3n) is 4.15. The molecule has 23 heavy (non-hydrogen) atoms. The van der Waals surface area contributed by atoms with E-state index in [4.69, 9.17) is 0 Å². The third kappa shape index (κ3) is 4.38. The molecule has 8 heteroatoms. The first-order valence-corrected chi connectivity index (χ1v) is 7.36. The highest BCUT2D eigenvalue weighted by Gasteiger charge is 2.37. The van der Waals surface area contributed by atoms with Gasteiger partial charge >= 0.3 is 0 Å². The molecule has 0 amide bonds. The number of aliphatic hydroxyl groups excluding tert-OH is 1. The van der Waals surface area contributed by atoms with Crippen LogP contribution in [0.4, 0.5) is 10.1 Å². The van der Waals surface area contributed by atoms with Gasteiger partial charge in [-0.05, 0) is 6.07 Å². The molecule has 0 spiro atoms. The second-order valence-corrected chi connectivity index (χ2v) is 6.30. The summed E-state index contributed by atoms with van der Waals surface area (Å²) < 4.78 is 14.4. The lowest BCUT2D eigenvalue weighted by molar-refractivity contribution is -0.385. The minimum atomic E-state index is -0.618. The van der Waals surface area contributed by atoms with Crippen molar-refractivity contribution in [2.24, 2.45) is 5.41 Å². The Labute approximate surface area is 141 Å². The van der Waals surface area contributed by atoms with Gasteiger partial charge in [0.2, 0.25) is 0 Å². The number of hydrogen-bond donors (Lipinski definition) is 2. The Morgan fingerprint density at radius 1 is 1.43 bits per heavy atom. The Morgan fingerprint density at radius 3 is 2.57 bits per heavy atom. The van der Waals surface area contributed by atoms with Crippen molar-refractivity contribution in [3.05, 3.63) is 39.7 Å². The van der Waals surface area contributed by atoms with Crippen LogP contribution >= 0.6 is 12.4 Å². The zero-order chi connectivity index (χ0) is 16.3. The fourth-order valence-electron chi connectivity index (χ4n) is 2.99. The normalized spacial score (nSPS) is 17.4. The van der Waals surface area contributed by atoms with Crippen LogP contribution in [-0.4, -0.2) is 47.7 Å². The van der Waals surface area contributed by atoms with Crippen molar-refractivity contribution < 1.29 is 14.4 Å². The van der Waals surface area contributed by atoms with E-state index < -0.39 is 22.2 Å². The summed E-state index contributed by atoms with van der Waals surface area (Å²) in [6, 6.07) is 3.18. The maximum atomic E-state index is 14.4. The molecule has 1 fully saturated rings. The van der Waals surface area contributed by atoms with Gasteiger partial charge in [0.05, 0.1) is 4.92 Å². The number of halogens is 2. The number of aliphatic hydroxyl groups is 1. The van der Waals surface area contributed by atoms with Crippen LogP contribution in [0, 0.1) is 21.3 Å². The number of benzene rings is 1. The van der Waals surface area contributed by atoms with E-state index in [-0.39, 0.29) is 30.3 Å². The van der Waals surface area contributed by atoms with Crippen LogP contribution in [0.3, 0.4) is 0 Å². The molecule has 2 rings (SSSR count). The quantitative estimate of drug-likeness (QED) is 0.630. The second kappa shape index (κ2) is 8.01. The van der Waals surface area contributed by atoms with E-state index in [1.807, 2.05) is 13.8 Å². The first kappa shape index (κ1) is 19.8. The number of non-ortho nitro benzene ring substituents is 1. The molecule has 1 aliphatic heterocycles. The van der Waals surface area contributed by atoms with Crippen LogP contribution in [0.5, 0.6) is 0 Å². The summed E-state index contributed by atoms with van der Waals surface area (Å²) in [6.45, 7) is 6.51. The van der Waals surface area contributed by atoms with Gasteiger partial charge in [0.15, 0.2) is 0 Å². The van der Waals surface area contributed by atoms with E-state index in [1.165, 1.54) is 12.1 Å². The number of piperazine rings is 1. The number of rotatable bonds is 5. The first-order chi connectivity index (χ1) is 10.4. The minimum Gasteiger partial charge on any atom is -0.396 e. The Balaban J connectivity index is 0.00000264. The Bertz CT molecular complexity index is 551. The van der Waals surface area contributed by atoms with Gasteiger partial charge < -0.3 is 10.4 Å². The lowest BCUT2D eigenvalue weighted by Crippen LogP contribution is -2.49. The molecule has 1 aromatic rings. The van der Waals surface area contributed by atoms with Crippen LogP contribution < -0.4 is 5.32 Å². The van der Waals surface area contributed by atoms with Crippen molar-refractivity contribution >= 4 is 18.1 Å². The maximum absolute atomic E-state index is 14.4. The van der Waals surface area contributed by atoms with Crippen molar-refractivity contribution in [2.75, 3.05) is 32.8 Å². The SMILES string of the molecule is CC(C)(CO)[C@@H](c1cc([N+](=O)[O-])ccc1F)N1CCNCC1.Cl. The first-order valence-electron chi connectivity index (χ1n) is 7.36. The lowest BCUT2D eigenvalue weighted by atomic mass is 9.79. The Hall–Kier alpha value is -1.28. The summed E-state index contributed by atoms with van der Waals surface area (Å²) in [7, 11) is 0. The molecule has 0 radical (unpaired) electrons. The average molecular weight is 348 g/mol. The van der Waals surface area contributed by atoms with Gasteiger partial charge in [-0.3, -0.25) is 15.0 Å². The molecule has 0 unspecified atom stereocenters. The van der Waals surface area contributed by atoms with Crippen molar-refractivity contribution in [1.29, 1.82) is 0 Å². The zero-order valence-electron chi connectivity index (χ0n) is 13.3. The summed E-state index contributed by atoms with van der Waals surface area (Å²) in [5, 5.41) is 23.9. The molecule has 0 saturated carbocycles. The fraction of sp³-hybridized carbons (Fsp3) is 0.600. The summed E-state index contributed by atoms with van der Waals surface area (Å²) in [5.74, 6) is -0.476. The van der Waals surface area contributed by atoms with Gasteiger partial charge in [0, 0.05) is 61.9 Å². The molecule has 2 N–H and O–H groups in total. The molecule has 0 aromatic heterocycles. The molecule has 1 aliphatic rings. The minimum absolute atomic E-state index is 0. The highest BCUT2D eigenvalue weighted by Crippen LogP contribution is 2.40.